The van der Waals surface area contributed by atoms with Crippen molar-refractivity contribution in [2.24, 2.45) is 0 Å². The van der Waals surface area contributed by atoms with Crippen LogP contribution >= 0.6 is 34.8 Å². The van der Waals surface area contributed by atoms with Gasteiger partial charge in [0.2, 0.25) is 9.70 Å². The third kappa shape index (κ3) is 5.48. The number of halogens is 3. The predicted octanol–water partition coefficient (Wildman–Crippen LogP) is 2.15. The van der Waals surface area contributed by atoms with Crippen LogP contribution in [0.25, 0.3) is 0 Å². The zero-order valence-electron chi connectivity index (χ0n) is 18.3. The lowest BCUT2D eigenvalue weighted by molar-refractivity contribution is -0.162. The highest BCUT2D eigenvalue weighted by Crippen LogP contribution is 2.46. The first-order valence-corrected chi connectivity index (χ1v) is 14.1. The van der Waals surface area contributed by atoms with Gasteiger partial charge in [-0.1, -0.05) is 59.1 Å². The minimum atomic E-state index is -4.19. The van der Waals surface area contributed by atoms with Crippen LogP contribution in [0.15, 0.2) is 24.3 Å². The average molecular weight is 578 g/mol. The maximum atomic E-state index is 12.7. The van der Waals surface area contributed by atoms with Gasteiger partial charge in [0.05, 0.1) is 11.2 Å². The van der Waals surface area contributed by atoms with Crippen molar-refractivity contribution >= 4 is 66.8 Å². The summed E-state index contributed by atoms with van der Waals surface area (Å²) in [6.07, 6.45) is -0.130. The molecule has 0 saturated carbocycles. The maximum Gasteiger partial charge on any atom is 0.336 e. The van der Waals surface area contributed by atoms with Gasteiger partial charge in [0.15, 0.2) is 9.84 Å². The molecule has 0 bridgehead atoms. The molecule has 3 rings (SSSR count). The SMILES string of the molecule is CC(NS(=O)(=O)OCC(Cl)(Cl)Cl)c1ccc(COC(=O)[C@@H]2N3C(=O)C[C@H]3S(=O)(=O)C2(C)C)cc1. The van der Waals surface area contributed by atoms with Gasteiger partial charge < -0.3 is 9.64 Å². The average Bonchev–Trinajstić information content (AvgIpc) is 2.84. The lowest BCUT2D eigenvalue weighted by Crippen LogP contribution is -2.57. The molecule has 10 nitrogen and oxygen atoms in total. The number of carbonyl (C=O) groups is 2. The van der Waals surface area contributed by atoms with E-state index in [9.17, 15) is 26.4 Å². The molecular formula is C19H23Cl3N2O8S2. The van der Waals surface area contributed by atoms with Crippen molar-refractivity contribution in [1.29, 1.82) is 0 Å². The Kier molecular flexibility index (Phi) is 7.57. The number of alkyl halides is 3. The molecule has 1 unspecified atom stereocenters. The molecule has 2 heterocycles. The Labute approximate surface area is 213 Å². The van der Waals surface area contributed by atoms with Gasteiger partial charge in [0, 0.05) is 6.04 Å². The highest BCUT2D eigenvalue weighted by Gasteiger charge is 2.68. The van der Waals surface area contributed by atoms with Crippen molar-refractivity contribution < 1.29 is 35.3 Å². The molecule has 2 saturated heterocycles. The van der Waals surface area contributed by atoms with Crippen LogP contribution in [0, 0.1) is 0 Å². The Morgan fingerprint density at radius 2 is 1.85 bits per heavy atom. The van der Waals surface area contributed by atoms with Crippen molar-refractivity contribution in [3.63, 3.8) is 0 Å². The van der Waals surface area contributed by atoms with E-state index in [4.69, 9.17) is 39.5 Å². The summed E-state index contributed by atoms with van der Waals surface area (Å²) in [4.78, 5) is 25.7. The van der Waals surface area contributed by atoms with Crippen LogP contribution in [0.5, 0.6) is 0 Å². The summed E-state index contributed by atoms with van der Waals surface area (Å²) in [6.45, 7) is 3.58. The van der Waals surface area contributed by atoms with Gasteiger partial charge in [0.1, 0.15) is 24.6 Å². The third-order valence-electron chi connectivity index (χ3n) is 5.76. The van der Waals surface area contributed by atoms with Crippen LogP contribution in [0.1, 0.15) is 44.4 Å². The van der Waals surface area contributed by atoms with Crippen molar-refractivity contribution in [1.82, 2.24) is 9.62 Å². The van der Waals surface area contributed by atoms with E-state index in [1.807, 2.05) is 0 Å². The summed E-state index contributed by atoms with van der Waals surface area (Å²) >= 11 is 16.5. The van der Waals surface area contributed by atoms with E-state index in [0.29, 0.717) is 11.1 Å². The van der Waals surface area contributed by atoms with E-state index in [0.717, 1.165) is 4.90 Å². The first kappa shape index (κ1) is 27.4. The summed E-state index contributed by atoms with van der Waals surface area (Å²) in [5.41, 5.74) is 1.15. The van der Waals surface area contributed by atoms with Crippen LogP contribution in [0.3, 0.4) is 0 Å². The molecule has 0 aromatic heterocycles. The molecule has 1 N–H and O–H groups in total. The number of benzene rings is 1. The maximum absolute atomic E-state index is 12.7. The zero-order valence-corrected chi connectivity index (χ0v) is 22.2. The molecule has 0 aliphatic carbocycles. The summed E-state index contributed by atoms with van der Waals surface area (Å²) in [6, 6.07) is 4.56. The number of hydrogen-bond donors (Lipinski definition) is 1. The van der Waals surface area contributed by atoms with Gasteiger partial charge in [0.25, 0.3) is 0 Å². The van der Waals surface area contributed by atoms with Gasteiger partial charge in [-0.25, -0.2) is 13.2 Å². The second kappa shape index (κ2) is 9.38. The van der Waals surface area contributed by atoms with E-state index in [2.05, 4.69) is 8.91 Å². The fraction of sp³-hybridized carbons (Fsp3) is 0.579. The van der Waals surface area contributed by atoms with Crippen LogP contribution < -0.4 is 4.72 Å². The number of carbonyl (C=O) groups excluding carboxylic acids is 2. The Morgan fingerprint density at radius 1 is 1.26 bits per heavy atom. The number of hydrogen-bond acceptors (Lipinski definition) is 8. The Balaban J connectivity index is 1.60. The number of nitrogens with one attached hydrogen (secondary N) is 1. The topological polar surface area (TPSA) is 136 Å². The predicted molar refractivity (Wildman–Crippen MR) is 125 cm³/mol. The summed E-state index contributed by atoms with van der Waals surface area (Å²) in [5, 5.41) is -0.990. The van der Waals surface area contributed by atoms with E-state index in [-0.39, 0.29) is 13.0 Å². The molecule has 1 amide bonds. The molecule has 2 fully saturated rings. The fourth-order valence-electron chi connectivity index (χ4n) is 3.81. The van der Waals surface area contributed by atoms with E-state index >= 15 is 0 Å². The van der Waals surface area contributed by atoms with Crippen LogP contribution in [-0.2, 0) is 45.3 Å². The zero-order chi connectivity index (χ0) is 25.7. The quantitative estimate of drug-likeness (QED) is 0.282. The summed E-state index contributed by atoms with van der Waals surface area (Å²) in [5.74, 6) is -1.21. The van der Waals surface area contributed by atoms with Crippen LogP contribution in [-0.4, -0.2) is 60.2 Å². The highest BCUT2D eigenvalue weighted by atomic mass is 35.6. The second-order valence-electron chi connectivity index (χ2n) is 8.53. The molecule has 2 aliphatic rings. The van der Waals surface area contributed by atoms with Gasteiger partial charge >= 0.3 is 16.3 Å². The number of esters is 1. The van der Waals surface area contributed by atoms with Crippen molar-refractivity contribution in [2.75, 3.05) is 6.61 Å². The molecular weight excluding hydrogens is 555 g/mol. The first-order chi connectivity index (χ1) is 15.5. The third-order valence-corrected chi connectivity index (χ3v) is 9.96. The smallest absolute Gasteiger partial charge is 0.336 e. The summed E-state index contributed by atoms with van der Waals surface area (Å²) < 4.78 is 58.1. The molecule has 190 valence electrons. The standard InChI is InChI=1S/C19H23Cl3N2O8S2/c1-11(23-34(29,30)32-10-19(20,21)22)13-6-4-12(5-7-13)9-31-17(26)16-18(2,3)33(27,28)15-8-14(25)24(15)16/h4-7,11,15-16,23H,8-10H2,1-3H3/t11?,15-,16+/m1/s1. The van der Waals surface area contributed by atoms with E-state index in [1.54, 1.807) is 31.2 Å². The number of rotatable bonds is 8. The number of β-lactam (4-membered cyclic amide) rings is 1. The minimum absolute atomic E-state index is 0.130. The van der Waals surface area contributed by atoms with Crippen molar-refractivity contribution in [2.45, 2.75) is 59.8 Å². The van der Waals surface area contributed by atoms with E-state index in [1.165, 1.54) is 13.8 Å². The van der Waals surface area contributed by atoms with E-state index < -0.39 is 64.6 Å². The molecule has 0 spiro atoms. The molecule has 34 heavy (non-hydrogen) atoms. The molecule has 1 aromatic carbocycles. The normalized spacial score (nSPS) is 24.3. The van der Waals surface area contributed by atoms with Crippen LogP contribution in [0.2, 0.25) is 0 Å². The minimum Gasteiger partial charge on any atom is -0.459 e. The monoisotopic (exact) mass is 576 g/mol. The molecule has 1 aromatic rings. The lowest BCUT2D eigenvalue weighted by atomic mass is 9.98. The Hall–Kier alpha value is -1.15. The Bertz CT molecular complexity index is 1180. The largest absolute Gasteiger partial charge is 0.459 e. The molecule has 2 aliphatic heterocycles. The second-order valence-corrected chi connectivity index (χ2v) is 15.1. The van der Waals surface area contributed by atoms with Gasteiger partial charge in [-0.3, -0.25) is 8.98 Å². The van der Waals surface area contributed by atoms with Gasteiger partial charge in [-0.05, 0) is 31.9 Å². The highest BCUT2D eigenvalue weighted by molar-refractivity contribution is 7.93. The first-order valence-electron chi connectivity index (χ1n) is 10.00. The Morgan fingerprint density at radius 3 is 2.38 bits per heavy atom. The van der Waals surface area contributed by atoms with Crippen molar-refractivity contribution in [3.8, 4) is 0 Å². The lowest BCUT2D eigenvalue weighted by Gasteiger charge is -2.36. The van der Waals surface area contributed by atoms with Crippen LogP contribution in [0.4, 0.5) is 0 Å². The molecule has 0 radical (unpaired) electrons. The number of amides is 1. The fourth-order valence-corrected chi connectivity index (χ4v) is 7.26. The van der Waals surface area contributed by atoms with Crippen molar-refractivity contribution in [3.05, 3.63) is 35.4 Å². The van der Waals surface area contributed by atoms with Gasteiger partial charge in [-0.2, -0.15) is 13.1 Å². The number of sulfone groups is 1. The molecule has 15 heteroatoms. The summed E-state index contributed by atoms with van der Waals surface area (Å²) in [7, 11) is -7.89. The number of nitrogens with zero attached hydrogens (tertiary/aromatic N) is 1. The number of fused-ring (bicyclic) bond motifs is 1. The number of ether oxygens (including phenoxy) is 1. The van der Waals surface area contributed by atoms with Gasteiger partial charge in [-0.15, -0.1) is 0 Å². The molecule has 3 atom stereocenters.